The number of esters is 2. The van der Waals surface area contributed by atoms with Crippen LogP contribution in [0.2, 0.25) is 10.0 Å². The highest BCUT2D eigenvalue weighted by Crippen LogP contribution is 2.44. The molecule has 6 rings (SSSR count). The molecule has 0 saturated heterocycles. The molecule has 359 valence electrons. The van der Waals surface area contributed by atoms with Crippen LogP contribution in [0.15, 0.2) is 95.9 Å². The lowest BCUT2D eigenvalue weighted by Gasteiger charge is -2.26. The normalized spacial score (nSPS) is 11.6. The van der Waals surface area contributed by atoms with E-state index in [2.05, 4.69) is 163 Å². The maximum Gasteiger partial charge on any atom is 0.311 e. The van der Waals surface area contributed by atoms with E-state index >= 15 is 0 Å². The molecule has 6 aromatic rings. The van der Waals surface area contributed by atoms with Crippen LogP contribution in [-0.4, -0.2) is 91.2 Å². The lowest BCUT2D eigenvalue weighted by Crippen LogP contribution is -2.30. The summed E-state index contributed by atoms with van der Waals surface area (Å²) in [4.78, 5) is 26.6. The van der Waals surface area contributed by atoms with Gasteiger partial charge in [0.2, 0.25) is 0 Å². The number of carbonyl (C=O) groups excluding carboxylic acids is 2. The number of aromatic nitrogens is 2. The topological polar surface area (TPSA) is 62.5 Å². The SMILES string of the molecule is CCOC(=O)C(C)(C)Cc1c(SC(C)(C)C)c2cc(C(C)C)ccc2n1Cc1ccc(Cl)cc1.CCOC(=O)C(C)(C)Cc1cc2cc(C(C)C)ccc2n1Cc1ccc(Cl)cc1.[B]B([B])[B].[B][B][B]. The largest absolute Gasteiger partial charge is 0.466 e. The summed E-state index contributed by atoms with van der Waals surface area (Å²) in [5, 5.41) is 3.93. The molecule has 4 aromatic carbocycles. The van der Waals surface area contributed by atoms with Crippen LogP contribution in [0.1, 0.15) is 135 Å². The van der Waals surface area contributed by atoms with Crippen molar-refractivity contribution in [2.45, 2.75) is 137 Å². The minimum Gasteiger partial charge on any atom is -0.466 e. The Balaban J connectivity index is 0.000000330. The second-order valence-corrected chi connectivity index (χ2v) is 23.0. The van der Waals surface area contributed by atoms with Gasteiger partial charge in [0.05, 0.1) is 24.0 Å². The molecule has 0 aliphatic heterocycles. The Hall–Kier alpha value is -3.72. The zero-order valence-electron chi connectivity index (χ0n) is 43.8. The molecule has 16 heteroatoms. The molecule has 0 fully saturated rings. The Labute approximate surface area is 442 Å². The molecule has 0 unspecified atom stereocenters. The molecule has 0 atom stereocenters. The number of hydrogen-bond donors (Lipinski definition) is 0. The van der Waals surface area contributed by atoms with E-state index in [-0.39, 0.29) is 16.7 Å². The van der Waals surface area contributed by atoms with Gasteiger partial charge in [-0.25, -0.2) is 0 Å². The van der Waals surface area contributed by atoms with Gasteiger partial charge in [0, 0.05) is 131 Å². The summed E-state index contributed by atoms with van der Waals surface area (Å²) in [6.45, 7) is 29.4. The number of thioether (sulfide) groups is 1. The minimum atomic E-state index is -0.667. The van der Waals surface area contributed by atoms with Crippen molar-refractivity contribution >= 4 is 121 Å². The molecule has 11 radical (unpaired) electrons. The zero-order chi connectivity index (χ0) is 52.7. The molecule has 0 saturated carbocycles. The summed E-state index contributed by atoms with van der Waals surface area (Å²) in [7, 11) is 24.0. The Kier molecular flexibility index (Phi) is 23.7. The van der Waals surface area contributed by atoms with Crippen molar-refractivity contribution in [1.82, 2.24) is 9.13 Å². The average Bonchev–Trinajstić information content (AvgIpc) is 3.73. The van der Waals surface area contributed by atoms with Crippen molar-refractivity contribution in [3.63, 3.8) is 0 Å². The van der Waals surface area contributed by atoms with Crippen LogP contribution in [0.3, 0.4) is 0 Å². The van der Waals surface area contributed by atoms with Crippen molar-refractivity contribution in [1.29, 1.82) is 0 Å². The molecule has 0 N–H and O–H groups in total. The molecule has 0 bridgehead atoms. The van der Waals surface area contributed by atoms with Crippen LogP contribution in [0.5, 0.6) is 0 Å². The predicted octanol–water partition coefficient (Wildman–Crippen LogP) is 12.4. The van der Waals surface area contributed by atoms with Gasteiger partial charge in [-0.05, 0) is 130 Å². The van der Waals surface area contributed by atoms with Gasteiger partial charge >= 0.3 is 11.9 Å². The molecule has 2 aromatic heterocycles. The number of carbonyl (C=O) groups is 2. The van der Waals surface area contributed by atoms with Gasteiger partial charge in [0.25, 0.3) is 0 Å². The van der Waals surface area contributed by atoms with E-state index < -0.39 is 17.2 Å². The molecular weight excluding hydrogens is 919 g/mol. The number of nitrogens with zero attached hydrogens (tertiary/aromatic N) is 2. The summed E-state index contributed by atoms with van der Waals surface area (Å²) >= 11 is 14.1. The highest BCUT2D eigenvalue weighted by Gasteiger charge is 2.34. The van der Waals surface area contributed by atoms with E-state index in [4.69, 9.17) is 32.7 Å². The van der Waals surface area contributed by atoms with E-state index in [0.717, 1.165) is 29.3 Å². The number of ether oxygens (including phenoxy) is 2. The summed E-state index contributed by atoms with van der Waals surface area (Å²) in [6.07, 6.45) is 0.550. The van der Waals surface area contributed by atoms with Crippen molar-refractivity contribution in [3.05, 3.63) is 135 Å². The van der Waals surface area contributed by atoms with Crippen molar-refractivity contribution in [3.8, 4) is 0 Å². The van der Waals surface area contributed by atoms with Crippen LogP contribution in [0.4, 0.5) is 0 Å². The fraction of sp³-hybridized carbons (Fsp3) is 0.444. The predicted molar refractivity (Wildman–Crippen MR) is 307 cm³/mol. The molecular formula is C54H68B7Cl2N2O4S. The molecule has 70 heavy (non-hydrogen) atoms. The summed E-state index contributed by atoms with van der Waals surface area (Å²) in [6, 6.07) is 31.7. The second-order valence-electron chi connectivity index (χ2n) is 20.3. The summed E-state index contributed by atoms with van der Waals surface area (Å²) in [5.74, 6) is 0.591. The number of halogens is 2. The fourth-order valence-electron chi connectivity index (χ4n) is 7.78. The van der Waals surface area contributed by atoms with Crippen LogP contribution in [0, 0.1) is 10.8 Å². The van der Waals surface area contributed by atoms with E-state index in [0.29, 0.717) is 44.4 Å². The summed E-state index contributed by atoms with van der Waals surface area (Å²) < 4.78 is 15.5. The minimum absolute atomic E-state index is 0.0239. The lowest BCUT2D eigenvalue weighted by atomic mass is 9.08. The molecule has 0 aliphatic rings. The average molecular weight is 988 g/mol. The maximum absolute atomic E-state index is 12.9. The molecule has 0 spiro atoms. The monoisotopic (exact) mass is 987 g/mol. The standard InChI is InChI=1S/C29H38ClNO2S.C25H30ClNO2.B4.B3/c1-9-33-27(32)29(7,8)17-25-26(34-28(4,5)6)23-16-21(19(2)3)12-15-24(23)31(25)18-20-10-13-22(30)14-11-20;1-6-29-24(28)25(4,5)15-22-14-20-13-19(17(2)3)9-12-23(20)27(22)16-18-7-10-21(26)11-8-18;1-4(2)3;1-3-2/h10-16,19H,9,17-18H2,1-8H3;7-14,17H,6,15-16H2,1-5H3;;. The lowest BCUT2D eigenvalue weighted by molar-refractivity contribution is -0.154. The van der Waals surface area contributed by atoms with Crippen molar-refractivity contribution in [2.24, 2.45) is 10.8 Å². The number of benzene rings is 4. The third kappa shape index (κ3) is 18.1. The molecule has 0 amide bonds. The van der Waals surface area contributed by atoms with Crippen LogP contribution >= 0.6 is 35.0 Å². The summed E-state index contributed by atoms with van der Waals surface area (Å²) in [5.41, 5.74) is 8.45. The van der Waals surface area contributed by atoms with Crippen molar-refractivity contribution in [2.75, 3.05) is 13.2 Å². The van der Waals surface area contributed by atoms with Gasteiger partial charge in [-0.2, -0.15) is 0 Å². The fourth-order valence-corrected chi connectivity index (χ4v) is 9.22. The van der Waals surface area contributed by atoms with Gasteiger partial charge in [0.1, 0.15) is 0 Å². The molecule has 6 nitrogen and oxygen atoms in total. The van der Waals surface area contributed by atoms with E-state index in [9.17, 15) is 9.59 Å². The Morgan fingerprint density at radius 2 is 1.06 bits per heavy atom. The highest BCUT2D eigenvalue weighted by molar-refractivity contribution is 8.00. The van der Waals surface area contributed by atoms with Crippen LogP contribution < -0.4 is 0 Å². The third-order valence-electron chi connectivity index (χ3n) is 11.3. The van der Waals surface area contributed by atoms with Gasteiger partial charge in [-0.15, -0.1) is 11.8 Å². The molecule has 2 heterocycles. The number of rotatable bonds is 15. The van der Waals surface area contributed by atoms with Crippen LogP contribution in [-0.2, 0) is 45.0 Å². The van der Waals surface area contributed by atoms with E-state index in [1.54, 1.807) is 0 Å². The van der Waals surface area contributed by atoms with Crippen molar-refractivity contribution < 1.29 is 19.1 Å². The van der Waals surface area contributed by atoms with Gasteiger partial charge in [-0.3, -0.25) is 9.59 Å². The Morgan fingerprint density at radius 3 is 1.49 bits per heavy atom. The van der Waals surface area contributed by atoms with Gasteiger partial charge < -0.3 is 18.6 Å². The first-order valence-corrected chi connectivity index (χ1v) is 25.6. The number of hydrogen-bond acceptors (Lipinski definition) is 5. The van der Waals surface area contributed by atoms with Crippen LogP contribution in [0.25, 0.3) is 21.8 Å². The quantitative estimate of drug-likeness (QED) is 0.0583. The highest BCUT2D eigenvalue weighted by atomic mass is 35.5. The van der Waals surface area contributed by atoms with Gasteiger partial charge in [-0.1, -0.05) is 108 Å². The first-order chi connectivity index (χ1) is 32.7. The number of fused-ring (bicyclic) bond motifs is 2. The smallest absolute Gasteiger partial charge is 0.311 e. The Morgan fingerprint density at radius 1 is 0.643 bits per heavy atom. The maximum atomic E-state index is 12.9. The Bertz CT molecular complexity index is 2600. The first kappa shape index (κ1) is 60.6. The second kappa shape index (κ2) is 27.4. The van der Waals surface area contributed by atoms with E-state index in [1.807, 2.05) is 77.6 Å². The van der Waals surface area contributed by atoms with E-state index in [1.165, 1.54) is 54.6 Å². The third-order valence-corrected chi connectivity index (χ3v) is 13.1. The first-order valence-electron chi connectivity index (χ1n) is 24.0. The van der Waals surface area contributed by atoms with Gasteiger partial charge in [0.15, 0.2) is 0 Å². The zero-order valence-corrected chi connectivity index (χ0v) is 46.1. The molecule has 0 aliphatic carbocycles.